The molecule has 110 valence electrons. The monoisotopic (exact) mass is 278 g/mol. The molecule has 0 saturated carbocycles. The summed E-state index contributed by atoms with van der Waals surface area (Å²) < 4.78 is 13.2. The Labute approximate surface area is 120 Å². The number of piperidine rings is 1. The molecule has 1 amide bonds. The predicted molar refractivity (Wildman–Crippen MR) is 77.9 cm³/mol. The fourth-order valence-electron chi connectivity index (χ4n) is 2.68. The molecule has 1 fully saturated rings. The average Bonchev–Trinajstić information content (AvgIpc) is 2.38. The van der Waals surface area contributed by atoms with E-state index in [1.54, 1.807) is 6.07 Å². The highest BCUT2D eigenvalue weighted by atomic mass is 19.1. The normalized spacial score (nSPS) is 22.9. The van der Waals surface area contributed by atoms with Crippen molar-refractivity contribution in [1.82, 2.24) is 10.6 Å². The molecule has 0 aliphatic carbocycles. The van der Waals surface area contributed by atoms with Gasteiger partial charge in [-0.15, -0.1) is 0 Å². The Morgan fingerprint density at radius 1 is 1.45 bits per heavy atom. The molecule has 1 heterocycles. The molecule has 1 aliphatic rings. The molecule has 3 nitrogen and oxygen atoms in total. The number of amides is 1. The van der Waals surface area contributed by atoms with Crippen molar-refractivity contribution in [3.05, 3.63) is 35.1 Å². The van der Waals surface area contributed by atoms with Crippen LogP contribution in [0.4, 0.5) is 4.39 Å². The van der Waals surface area contributed by atoms with Crippen LogP contribution in [0.2, 0.25) is 0 Å². The van der Waals surface area contributed by atoms with Gasteiger partial charge in [0.05, 0.1) is 0 Å². The highest BCUT2D eigenvalue weighted by Gasteiger charge is 2.25. The Morgan fingerprint density at radius 3 is 2.85 bits per heavy atom. The molecule has 1 aliphatic heterocycles. The molecule has 2 N–H and O–H groups in total. The Balaban J connectivity index is 2.05. The molecular weight excluding hydrogens is 255 g/mol. The summed E-state index contributed by atoms with van der Waals surface area (Å²) in [4.78, 5) is 11.8. The van der Waals surface area contributed by atoms with Crippen LogP contribution in [-0.2, 0) is 4.79 Å². The molecule has 1 aromatic carbocycles. The predicted octanol–water partition coefficient (Wildman–Crippen LogP) is 2.70. The van der Waals surface area contributed by atoms with E-state index in [9.17, 15) is 9.18 Å². The number of halogens is 1. The minimum atomic E-state index is -0.202. The van der Waals surface area contributed by atoms with E-state index < -0.39 is 0 Å². The van der Waals surface area contributed by atoms with Crippen LogP contribution in [0.15, 0.2) is 18.2 Å². The fourth-order valence-corrected chi connectivity index (χ4v) is 2.68. The van der Waals surface area contributed by atoms with Gasteiger partial charge in [0.2, 0.25) is 5.91 Å². The third kappa shape index (κ3) is 3.57. The lowest BCUT2D eigenvalue weighted by Gasteiger charge is -2.32. The zero-order valence-electron chi connectivity index (χ0n) is 12.4. The minimum Gasteiger partial charge on any atom is -0.353 e. The van der Waals surface area contributed by atoms with Crippen LogP contribution < -0.4 is 10.6 Å². The lowest BCUT2D eigenvalue weighted by atomic mass is 9.91. The molecular formula is C16H23FN2O. The fraction of sp³-hybridized carbons (Fsp3) is 0.562. The molecule has 0 spiro atoms. The quantitative estimate of drug-likeness (QED) is 0.892. The first-order valence-electron chi connectivity index (χ1n) is 7.27. The van der Waals surface area contributed by atoms with Gasteiger partial charge in [-0.25, -0.2) is 4.39 Å². The van der Waals surface area contributed by atoms with Crippen molar-refractivity contribution in [2.24, 2.45) is 5.92 Å². The summed E-state index contributed by atoms with van der Waals surface area (Å²) in [5.74, 6) is -0.0888. The van der Waals surface area contributed by atoms with Gasteiger partial charge < -0.3 is 10.6 Å². The van der Waals surface area contributed by atoms with E-state index in [0.717, 1.165) is 30.5 Å². The third-order valence-corrected chi connectivity index (χ3v) is 3.88. The molecule has 0 radical (unpaired) electrons. The van der Waals surface area contributed by atoms with Crippen molar-refractivity contribution in [3.63, 3.8) is 0 Å². The van der Waals surface area contributed by atoms with Gasteiger partial charge in [0, 0.05) is 18.0 Å². The van der Waals surface area contributed by atoms with Gasteiger partial charge in [-0.2, -0.15) is 0 Å². The van der Waals surface area contributed by atoms with Crippen LogP contribution in [0, 0.1) is 18.7 Å². The van der Waals surface area contributed by atoms with Crippen molar-refractivity contribution in [2.75, 3.05) is 6.54 Å². The lowest BCUT2D eigenvalue weighted by molar-refractivity contribution is -0.124. The first kappa shape index (κ1) is 15.0. The summed E-state index contributed by atoms with van der Waals surface area (Å²) in [5.41, 5.74) is 2.08. The van der Waals surface area contributed by atoms with E-state index >= 15 is 0 Å². The molecule has 4 heteroatoms. The van der Waals surface area contributed by atoms with Crippen molar-refractivity contribution >= 4 is 5.91 Å². The number of hydrogen-bond donors (Lipinski definition) is 2. The Bertz CT molecular complexity index is 487. The van der Waals surface area contributed by atoms with Crippen molar-refractivity contribution in [1.29, 1.82) is 0 Å². The minimum absolute atomic E-state index is 0.0101. The van der Waals surface area contributed by atoms with Gasteiger partial charge in [0.15, 0.2) is 0 Å². The van der Waals surface area contributed by atoms with Crippen LogP contribution in [0.1, 0.15) is 43.9 Å². The summed E-state index contributed by atoms with van der Waals surface area (Å²) in [6.45, 7) is 6.59. The lowest BCUT2D eigenvalue weighted by Crippen LogP contribution is -2.45. The van der Waals surface area contributed by atoms with Gasteiger partial charge in [-0.05, 0) is 49.6 Å². The van der Waals surface area contributed by atoms with Crippen LogP contribution in [0.3, 0.4) is 0 Å². The highest BCUT2D eigenvalue weighted by Crippen LogP contribution is 2.26. The number of benzene rings is 1. The Hall–Kier alpha value is -1.42. The number of carbonyl (C=O) groups excluding carboxylic acids is 1. The van der Waals surface area contributed by atoms with Crippen LogP contribution in [0.5, 0.6) is 0 Å². The number of aryl methyl sites for hydroxylation is 1. The van der Waals surface area contributed by atoms with Gasteiger partial charge in [-0.3, -0.25) is 4.79 Å². The number of carbonyl (C=O) groups is 1. The summed E-state index contributed by atoms with van der Waals surface area (Å²) in [6, 6.07) is 5.28. The number of hydrogen-bond acceptors (Lipinski definition) is 2. The summed E-state index contributed by atoms with van der Waals surface area (Å²) in [5, 5.41) is 6.55. The molecule has 2 atom stereocenters. The molecule has 0 unspecified atom stereocenters. The van der Waals surface area contributed by atoms with Crippen molar-refractivity contribution in [3.8, 4) is 0 Å². The molecule has 2 rings (SSSR count). The van der Waals surface area contributed by atoms with E-state index in [-0.39, 0.29) is 29.7 Å². The second-order valence-corrected chi connectivity index (χ2v) is 5.89. The van der Waals surface area contributed by atoms with Crippen molar-refractivity contribution < 1.29 is 9.18 Å². The molecule has 20 heavy (non-hydrogen) atoms. The maximum atomic E-state index is 13.2. The van der Waals surface area contributed by atoms with E-state index in [4.69, 9.17) is 0 Å². The first-order chi connectivity index (χ1) is 9.47. The number of rotatable bonds is 3. The van der Waals surface area contributed by atoms with Crippen LogP contribution in [-0.4, -0.2) is 18.5 Å². The van der Waals surface area contributed by atoms with Crippen molar-refractivity contribution in [2.45, 2.75) is 45.7 Å². The standard InChI is InChI=1S/C16H23FN2O/c1-10(2)16(20)19-13-6-7-18-15(9-13)14-5-4-12(17)8-11(14)3/h4-5,8,10,13,15,18H,6-7,9H2,1-3H3,(H,19,20)/t13-,15-/m1/s1. The smallest absolute Gasteiger partial charge is 0.222 e. The van der Waals surface area contributed by atoms with Crippen LogP contribution in [0.25, 0.3) is 0 Å². The molecule has 0 bridgehead atoms. The highest BCUT2D eigenvalue weighted by molar-refractivity contribution is 5.78. The Morgan fingerprint density at radius 2 is 2.20 bits per heavy atom. The van der Waals surface area contributed by atoms with E-state index in [1.165, 1.54) is 6.07 Å². The molecule has 1 aromatic rings. The van der Waals surface area contributed by atoms with Gasteiger partial charge in [0.1, 0.15) is 5.82 Å². The van der Waals surface area contributed by atoms with Gasteiger partial charge in [-0.1, -0.05) is 19.9 Å². The second kappa shape index (κ2) is 6.35. The summed E-state index contributed by atoms with van der Waals surface area (Å²) >= 11 is 0. The second-order valence-electron chi connectivity index (χ2n) is 5.89. The van der Waals surface area contributed by atoms with Gasteiger partial charge in [0.25, 0.3) is 0 Å². The van der Waals surface area contributed by atoms with E-state index in [2.05, 4.69) is 10.6 Å². The van der Waals surface area contributed by atoms with E-state index in [1.807, 2.05) is 26.8 Å². The molecule has 1 saturated heterocycles. The van der Waals surface area contributed by atoms with Gasteiger partial charge >= 0.3 is 0 Å². The summed E-state index contributed by atoms with van der Waals surface area (Å²) in [7, 11) is 0. The Kier molecular flexibility index (Phi) is 4.76. The first-order valence-corrected chi connectivity index (χ1v) is 7.27. The SMILES string of the molecule is Cc1cc(F)ccc1[C@H]1C[C@H](NC(=O)C(C)C)CCN1. The zero-order chi connectivity index (χ0) is 14.7. The maximum absolute atomic E-state index is 13.2. The topological polar surface area (TPSA) is 41.1 Å². The zero-order valence-corrected chi connectivity index (χ0v) is 12.4. The van der Waals surface area contributed by atoms with E-state index in [0.29, 0.717) is 0 Å². The van der Waals surface area contributed by atoms with Crippen LogP contribution >= 0.6 is 0 Å². The molecule has 0 aromatic heterocycles. The third-order valence-electron chi connectivity index (χ3n) is 3.88. The largest absolute Gasteiger partial charge is 0.353 e. The maximum Gasteiger partial charge on any atom is 0.222 e. The summed E-state index contributed by atoms with van der Waals surface area (Å²) in [6.07, 6.45) is 1.79. The average molecular weight is 278 g/mol. The number of nitrogens with one attached hydrogen (secondary N) is 2.